The highest BCUT2D eigenvalue weighted by atomic mass is 16.5. The minimum absolute atomic E-state index is 0.0311. The SMILES string of the molecule is COc1ccccc1NC(=O)c1ccc(NC(=O)CN(Cc2nc3ccccc3c(=O)[nH]2)C(C)C)cc1. The van der Waals surface area contributed by atoms with Crippen molar-refractivity contribution in [2.45, 2.75) is 26.4 Å². The molecule has 1 aromatic heterocycles. The number of carbonyl (C=O) groups is 2. The summed E-state index contributed by atoms with van der Waals surface area (Å²) < 4.78 is 5.27. The van der Waals surface area contributed by atoms with Crippen LogP contribution in [0.1, 0.15) is 30.0 Å². The third-order valence-corrected chi connectivity index (χ3v) is 5.88. The van der Waals surface area contributed by atoms with E-state index in [-0.39, 0.29) is 30.0 Å². The zero-order chi connectivity index (χ0) is 26.4. The molecular weight excluding hydrogens is 470 g/mol. The Hall–Kier alpha value is -4.50. The molecule has 0 unspecified atom stereocenters. The van der Waals surface area contributed by atoms with Gasteiger partial charge < -0.3 is 20.4 Å². The number of anilines is 2. The molecule has 3 N–H and O–H groups in total. The molecule has 0 saturated heterocycles. The van der Waals surface area contributed by atoms with Crippen LogP contribution in [0.25, 0.3) is 10.9 Å². The standard InChI is InChI=1S/C28H29N5O4/c1-18(2)33(16-25-30-22-9-5-4-8-21(22)28(36)32-25)17-26(34)29-20-14-12-19(13-15-20)27(35)31-23-10-6-7-11-24(23)37-3/h4-15,18H,16-17H2,1-3H3,(H,29,34)(H,31,35)(H,30,32,36). The molecule has 0 spiro atoms. The average Bonchev–Trinajstić information content (AvgIpc) is 2.89. The van der Waals surface area contributed by atoms with Gasteiger partial charge in [0, 0.05) is 17.3 Å². The molecule has 9 heteroatoms. The monoisotopic (exact) mass is 499 g/mol. The lowest BCUT2D eigenvalue weighted by atomic mass is 10.2. The van der Waals surface area contributed by atoms with Crippen LogP contribution in [-0.2, 0) is 11.3 Å². The van der Waals surface area contributed by atoms with Gasteiger partial charge in [0.25, 0.3) is 11.5 Å². The Labute approximate surface area is 214 Å². The molecule has 0 aliphatic rings. The predicted molar refractivity (Wildman–Crippen MR) is 144 cm³/mol. The Morgan fingerprint density at radius 1 is 0.973 bits per heavy atom. The van der Waals surface area contributed by atoms with Gasteiger partial charge in [-0.3, -0.25) is 19.3 Å². The van der Waals surface area contributed by atoms with Crippen molar-refractivity contribution in [2.24, 2.45) is 0 Å². The van der Waals surface area contributed by atoms with Crippen molar-refractivity contribution in [3.63, 3.8) is 0 Å². The van der Waals surface area contributed by atoms with Gasteiger partial charge in [-0.15, -0.1) is 0 Å². The van der Waals surface area contributed by atoms with Crippen LogP contribution in [0.3, 0.4) is 0 Å². The third-order valence-electron chi connectivity index (χ3n) is 5.88. The number of nitrogens with one attached hydrogen (secondary N) is 3. The maximum atomic E-state index is 12.8. The fraction of sp³-hybridized carbons (Fsp3) is 0.214. The topological polar surface area (TPSA) is 116 Å². The van der Waals surface area contributed by atoms with Gasteiger partial charge in [0.2, 0.25) is 5.91 Å². The van der Waals surface area contributed by atoms with Gasteiger partial charge in [-0.2, -0.15) is 0 Å². The van der Waals surface area contributed by atoms with E-state index in [4.69, 9.17) is 4.74 Å². The van der Waals surface area contributed by atoms with Crippen LogP contribution in [0.2, 0.25) is 0 Å². The summed E-state index contributed by atoms with van der Waals surface area (Å²) in [7, 11) is 1.54. The summed E-state index contributed by atoms with van der Waals surface area (Å²) in [6.07, 6.45) is 0. The number of para-hydroxylation sites is 3. The summed E-state index contributed by atoms with van der Waals surface area (Å²) in [5, 5.41) is 6.22. The minimum Gasteiger partial charge on any atom is -0.495 e. The van der Waals surface area contributed by atoms with Crippen LogP contribution in [0, 0.1) is 0 Å². The van der Waals surface area contributed by atoms with Crippen LogP contribution in [0.4, 0.5) is 11.4 Å². The van der Waals surface area contributed by atoms with E-state index in [0.29, 0.717) is 46.0 Å². The third kappa shape index (κ3) is 6.39. The largest absolute Gasteiger partial charge is 0.495 e. The Bertz CT molecular complexity index is 1460. The first kappa shape index (κ1) is 25.6. The molecule has 37 heavy (non-hydrogen) atoms. The number of hydrogen-bond acceptors (Lipinski definition) is 6. The van der Waals surface area contributed by atoms with Crippen molar-refractivity contribution in [2.75, 3.05) is 24.3 Å². The van der Waals surface area contributed by atoms with E-state index in [1.165, 1.54) is 0 Å². The number of aromatic nitrogens is 2. The van der Waals surface area contributed by atoms with E-state index >= 15 is 0 Å². The molecule has 9 nitrogen and oxygen atoms in total. The number of benzene rings is 3. The van der Waals surface area contributed by atoms with E-state index in [2.05, 4.69) is 20.6 Å². The van der Waals surface area contributed by atoms with E-state index in [9.17, 15) is 14.4 Å². The molecule has 4 rings (SSSR count). The van der Waals surface area contributed by atoms with E-state index in [1.54, 1.807) is 61.7 Å². The number of carbonyl (C=O) groups excluding carboxylic acids is 2. The van der Waals surface area contributed by atoms with Gasteiger partial charge in [-0.25, -0.2) is 4.98 Å². The van der Waals surface area contributed by atoms with Crippen LogP contribution in [0.15, 0.2) is 77.6 Å². The van der Waals surface area contributed by atoms with E-state index < -0.39 is 0 Å². The highest BCUT2D eigenvalue weighted by Gasteiger charge is 2.17. The highest BCUT2D eigenvalue weighted by Crippen LogP contribution is 2.24. The predicted octanol–water partition coefficient (Wildman–Crippen LogP) is 4.03. The molecule has 1 heterocycles. The lowest BCUT2D eigenvalue weighted by molar-refractivity contribution is -0.117. The lowest BCUT2D eigenvalue weighted by Crippen LogP contribution is -2.38. The first-order chi connectivity index (χ1) is 17.8. The zero-order valence-electron chi connectivity index (χ0n) is 20.9. The fourth-order valence-corrected chi connectivity index (χ4v) is 3.86. The number of hydrogen-bond donors (Lipinski definition) is 3. The second-order valence-electron chi connectivity index (χ2n) is 8.81. The quantitative estimate of drug-likeness (QED) is 0.320. The number of methoxy groups -OCH3 is 1. The first-order valence-electron chi connectivity index (χ1n) is 11.9. The van der Waals surface area contributed by atoms with E-state index in [0.717, 1.165) is 0 Å². The molecule has 0 bridgehead atoms. The number of amides is 2. The molecule has 2 amide bonds. The molecule has 0 fully saturated rings. The number of H-pyrrole nitrogens is 1. The van der Waals surface area contributed by atoms with Gasteiger partial charge in [0.05, 0.1) is 36.8 Å². The number of rotatable bonds is 9. The molecule has 0 aliphatic heterocycles. The van der Waals surface area contributed by atoms with Crippen LogP contribution < -0.4 is 20.9 Å². The molecule has 3 aromatic carbocycles. The number of fused-ring (bicyclic) bond motifs is 1. The molecule has 190 valence electrons. The Kier molecular flexibility index (Phi) is 7.95. The number of aromatic amines is 1. The van der Waals surface area contributed by atoms with Crippen molar-refractivity contribution in [3.8, 4) is 5.75 Å². The fourth-order valence-electron chi connectivity index (χ4n) is 3.86. The van der Waals surface area contributed by atoms with E-state index in [1.807, 2.05) is 36.9 Å². The summed E-state index contributed by atoms with van der Waals surface area (Å²) in [6, 6.07) is 21.0. The summed E-state index contributed by atoms with van der Waals surface area (Å²) in [6.45, 7) is 4.36. The average molecular weight is 500 g/mol. The van der Waals surface area contributed by atoms with Crippen LogP contribution >= 0.6 is 0 Å². The summed E-state index contributed by atoms with van der Waals surface area (Å²) in [4.78, 5) is 47.1. The van der Waals surface area contributed by atoms with Gasteiger partial charge in [0.15, 0.2) is 0 Å². The van der Waals surface area contributed by atoms with Crippen molar-refractivity contribution in [1.29, 1.82) is 0 Å². The highest BCUT2D eigenvalue weighted by molar-refractivity contribution is 6.05. The lowest BCUT2D eigenvalue weighted by Gasteiger charge is -2.25. The van der Waals surface area contributed by atoms with Crippen LogP contribution in [-0.4, -0.2) is 46.4 Å². The molecule has 0 aliphatic carbocycles. The number of ether oxygens (including phenoxy) is 1. The minimum atomic E-state index is -0.287. The van der Waals surface area contributed by atoms with Gasteiger partial charge >= 0.3 is 0 Å². The van der Waals surface area contributed by atoms with Gasteiger partial charge in [0.1, 0.15) is 11.6 Å². The Morgan fingerprint density at radius 3 is 2.41 bits per heavy atom. The van der Waals surface area contributed by atoms with Crippen molar-refractivity contribution in [1.82, 2.24) is 14.9 Å². The maximum absolute atomic E-state index is 12.8. The van der Waals surface area contributed by atoms with Gasteiger partial charge in [-0.05, 0) is 62.4 Å². The molecule has 0 saturated carbocycles. The Balaban J connectivity index is 1.38. The summed E-state index contributed by atoms with van der Waals surface area (Å²) >= 11 is 0. The van der Waals surface area contributed by atoms with Crippen molar-refractivity contribution >= 4 is 34.1 Å². The van der Waals surface area contributed by atoms with Crippen LogP contribution in [0.5, 0.6) is 5.75 Å². The molecule has 4 aromatic rings. The maximum Gasteiger partial charge on any atom is 0.258 e. The van der Waals surface area contributed by atoms with Gasteiger partial charge in [-0.1, -0.05) is 24.3 Å². The first-order valence-corrected chi connectivity index (χ1v) is 11.9. The molecular formula is C28H29N5O4. The second-order valence-corrected chi connectivity index (χ2v) is 8.81. The zero-order valence-corrected chi connectivity index (χ0v) is 20.9. The normalized spacial score (nSPS) is 11.1. The molecule has 0 atom stereocenters. The van der Waals surface area contributed by atoms with Crippen molar-refractivity contribution < 1.29 is 14.3 Å². The number of nitrogens with zero attached hydrogens (tertiary/aromatic N) is 2. The smallest absolute Gasteiger partial charge is 0.258 e. The summed E-state index contributed by atoms with van der Waals surface area (Å²) in [5.74, 6) is 0.557. The Morgan fingerprint density at radius 2 is 1.68 bits per heavy atom. The van der Waals surface area contributed by atoms with Crippen molar-refractivity contribution in [3.05, 3.63) is 94.5 Å². The summed E-state index contributed by atoms with van der Waals surface area (Å²) in [5.41, 5.74) is 2.00. The molecule has 0 radical (unpaired) electrons. The second kappa shape index (κ2) is 11.5.